The molecular formula is C19H21N3O3S2. The van der Waals surface area contributed by atoms with Gasteiger partial charge in [-0.1, -0.05) is 12.1 Å². The van der Waals surface area contributed by atoms with Crippen LogP contribution in [0.15, 0.2) is 18.2 Å². The molecule has 0 spiro atoms. The predicted molar refractivity (Wildman–Crippen MR) is 111 cm³/mol. The van der Waals surface area contributed by atoms with Gasteiger partial charge in [-0.25, -0.2) is 0 Å². The number of hydrogen-bond acceptors (Lipinski definition) is 5. The number of amides is 2. The summed E-state index contributed by atoms with van der Waals surface area (Å²) in [5.41, 5.74) is 8.33. The lowest BCUT2D eigenvalue weighted by Gasteiger charge is -2.13. The first-order valence-electron chi connectivity index (χ1n) is 8.62. The fourth-order valence-corrected chi connectivity index (χ4v) is 4.88. The molecule has 0 saturated carbocycles. The van der Waals surface area contributed by atoms with Gasteiger partial charge in [-0.2, -0.15) is 0 Å². The number of carbonyl (C=O) groups excluding carboxylic acids is 2. The number of thiocarbonyl (C=S) groups is 1. The van der Waals surface area contributed by atoms with Crippen molar-refractivity contribution in [3.63, 3.8) is 0 Å². The molecule has 1 aromatic heterocycles. The smallest absolute Gasteiger partial charge is 0.261 e. The Bertz CT molecular complexity index is 921. The highest BCUT2D eigenvalue weighted by Gasteiger charge is 2.25. The van der Waals surface area contributed by atoms with Gasteiger partial charge in [0, 0.05) is 4.88 Å². The van der Waals surface area contributed by atoms with E-state index in [1.165, 1.54) is 18.4 Å². The lowest BCUT2D eigenvalue weighted by atomic mass is 9.95. The molecule has 0 bridgehead atoms. The van der Waals surface area contributed by atoms with Crippen LogP contribution in [0.1, 0.15) is 49.6 Å². The van der Waals surface area contributed by atoms with Gasteiger partial charge in [-0.3, -0.25) is 14.9 Å². The summed E-state index contributed by atoms with van der Waals surface area (Å²) in [6, 6.07) is 5.31. The number of ether oxygens (including phenoxy) is 1. The number of rotatable bonds is 4. The van der Waals surface area contributed by atoms with Gasteiger partial charge in [0.2, 0.25) is 0 Å². The monoisotopic (exact) mass is 403 g/mol. The van der Waals surface area contributed by atoms with Crippen molar-refractivity contribution in [3.05, 3.63) is 45.3 Å². The topological polar surface area (TPSA) is 93.4 Å². The molecule has 142 valence electrons. The Morgan fingerprint density at radius 3 is 2.70 bits per heavy atom. The van der Waals surface area contributed by atoms with Gasteiger partial charge in [0.25, 0.3) is 11.8 Å². The molecule has 4 N–H and O–H groups in total. The molecule has 0 unspecified atom stereocenters. The summed E-state index contributed by atoms with van der Waals surface area (Å²) in [5.74, 6) is -0.358. The van der Waals surface area contributed by atoms with E-state index in [0.29, 0.717) is 21.9 Å². The maximum atomic E-state index is 12.6. The Morgan fingerprint density at radius 1 is 1.26 bits per heavy atom. The van der Waals surface area contributed by atoms with Crippen LogP contribution in [0.5, 0.6) is 5.75 Å². The molecule has 1 aliphatic carbocycles. The van der Waals surface area contributed by atoms with E-state index in [9.17, 15) is 9.59 Å². The molecule has 2 aromatic rings. The molecule has 1 heterocycles. The van der Waals surface area contributed by atoms with Gasteiger partial charge in [0.05, 0.1) is 18.2 Å². The van der Waals surface area contributed by atoms with E-state index < -0.39 is 5.91 Å². The molecule has 27 heavy (non-hydrogen) atoms. The van der Waals surface area contributed by atoms with Crippen LogP contribution in [0.2, 0.25) is 0 Å². The third kappa shape index (κ3) is 3.96. The molecule has 0 atom stereocenters. The third-order valence-electron chi connectivity index (χ3n) is 4.53. The third-order valence-corrected chi connectivity index (χ3v) is 5.94. The maximum absolute atomic E-state index is 12.6. The zero-order chi connectivity index (χ0) is 19.6. The molecule has 2 amide bonds. The van der Waals surface area contributed by atoms with Crippen molar-refractivity contribution in [1.82, 2.24) is 5.32 Å². The van der Waals surface area contributed by atoms with Gasteiger partial charge in [-0.15, -0.1) is 11.3 Å². The van der Waals surface area contributed by atoms with E-state index in [1.807, 2.05) is 13.0 Å². The Morgan fingerprint density at radius 2 is 2.00 bits per heavy atom. The summed E-state index contributed by atoms with van der Waals surface area (Å²) in [6.45, 7) is 1.86. The molecule has 1 aromatic carbocycles. The number of nitrogens with one attached hydrogen (secondary N) is 2. The molecule has 1 aliphatic rings. The summed E-state index contributed by atoms with van der Waals surface area (Å²) >= 11 is 6.76. The van der Waals surface area contributed by atoms with E-state index in [1.54, 1.807) is 12.1 Å². The van der Waals surface area contributed by atoms with Crippen LogP contribution in [-0.4, -0.2) is 24.0 Å². The first kappa shape index (κ1) is 19.3. The number of anilines is 1. The number of carbonyl (C=O) groups is 2. The number of fused-ring (bicyclic) bond motifs is 1. The standard InChI is InChI=1S/C19H21N3O3S2/c1-10-6-5-8-12(15(10)25-2)17(24)21-19(26)22-18-14(16(20)23)11-7-3-4-9-13(11)27-18/h5-6,8H,3-4,7,9H2,1-2H3,(H2,20,23)(H2,21,22,24,26). The molecule has 6 nitrogen and oxygen atoms in total. The first-order chi connectivity index (χ1) is 12.9. The summed E-state index contributed by atoms with van der Waals surface area (Å²) in [5, 5.41) is 6.34. The van der Waals surface area contributed by atoms with E-state index in [-0.39, 0.29) is 11.0 Å². The maximum Gasteiger partial charge on any atom is 0.261 e. The molecule has 8 heteroatoms. The zero-order valence-corrected chi connectivity index (χ0v) is 16.8. The van der Waals surface area contributed by atoms with Gasteiger partial charge in [-0.05, 0) is 62.0 Å². The quantitative estimate of drug-likeness (QED) is 0.682. The summed E-state index contributed by atoms with van der Waals surface area (Å²) in [7, 11) is 1.52. The zero-order valence-electron chi connectivity index (χ0n) is 15.2. The van der Waals surface area contributed by atoms with Gasteiger partial charge >= 0.3 is 0 Å². The SMILES string of the molecule is COc1c(C)cccc1C(=O)NC(=S)Nc1sc2c(c1C(N)=O)CCCC2. The van der Waals surface area contributed by atoms with Crippen LogP contribution in [0.3, 0.4) is 0 Å². The van der Waals surface area contributed by atoms with E-state index in [4.69, 9.17) is 22.7 Å². The Kier molecular flexibility index (Phi) is 5.76. The molecule has 0 saturated heterocycles. The summed E-state index contributed by atoms with van der Waals surface area (Å²) < 4.78 is 5.32. The van der Waals surface area contributed by atoms with Crippen LogP contribution >= 0.6 is 23.6 Å². The highest BCUT2D eigenvalue weighted by Crippen LogP contribution is 2.37. The van der Waals surface area contributed by atoms with Crippen molar-refractivity contribution >= 4 is 45.5 Å². The Labute approximate surface area is 167 Å². The largest absolute Gasteiger partial charge is 0.496 e. The van der Waals surface area contributed by atoms with Gasteiger partial charge in [0.15, 0.2) is 5.11 Å². The van der Waals surface area contributed by atoms with Crippen molar-refractivity contribution in [3.8, 4) is 5.75 Å². The van der Waals surface area contributed by atoms with Crippen molar-refractivity contribution in [1.29, 1.82) is 0 Å². The van der Waals surface area contributed by atoms with Gasteiger partial charge in [0.1, 0.15) is 10.8 Å². The van der Waals surface area contributed by atoms with E-state index in [0.717, 1.165) is 41.7 Å². The lowest BCUT2D eigenvalue weighted by molar-refractivity contribution is 0.0972. The van der Waals surface area contributed by atoms with Crippen LogP contribution in [0.4, 0.5) is 5.00 Å². The lowest BCUT2D eigenvalue weighted by Crippen LogP contribution is -2.34. The summed E-state index contributed by atoms with van der Waals surface area (Å²) in [6.07, 6.45) is 3.91. The second-order valence-corrected chi connectivity index (χ2v) is 7.86. The molecular weight excluding hydrogens is 382 g/mol. The average Bonchev–Trinajstić information content (AvgIpc) is 2.99. The number of hydrogen-bond donors (Lipinski definition) is 3. The van der Waals surface area contributed by atoms with Crippen molar-refractivity contribution < 1.29 is 14.3 Å². The minimum absolute atomic E-state index is 0.115. The second-order valence-electron chi connectivity index (χ2n) is 6.34. The average molecular weight is 404 g/mol. The van der Waals surface area contributed by atoms with Crippen LogP contribution in [0.25, 0.3) is 0 Å². The normalized spacial score (nSPS) is 12.8. The Hall–Kier alpha value is -2.45. The number of thiophene rings is 1. The highest BCUT2D eigenvalue weighted by molar-refractivity contribution is 7.80. The van der Waals surface area contributed by atoms with Crippen molar-refractivity contribution in [2.45, 2.75) is 32.6 Å². The molecule has 0 radical (unpaired) electrons. The number of methoxy groups -OCH3 is 1. The number of primary amides is 1. The van der Waals surface area contributed by atoms with Crippen molar-refractivity contribution in [2.24, 2.45) is 5.73 Å². The summed E-state index contributed by atoms with van der Waals surface area (Å²) in [4.78, 5) is 25.7. The fourth-order valence-electron chi connectivity index (χ4n) is 3.32. The van der Waals surface area contributed by atoms with Crippen LogP contribution in [0, 0.1) is 6.92 Å². The van der Waals surface area contributed by atoms with Crippen LogP contribution < -0.4 is 21.1 Å². The Balaban J connectivity index is 1.79. The van der Waals surface area contributed by atoms with E-state index >= 15 is 0 Å². The number of benzene rings is 1. The van der Waals surface area contributed by atoms with Gasteiger partial charge < -0.3 is 15.8 Å². The molecule has 0 fully saturated rings. The number of nitrogens with two attached hydrogens (primary N) is 1. The molecule has 3 rings (SSSR count). The van der Waals surface area contributed by atoms with E-state index in [2.05, 4.69) is 10.6 Å². The molecule has 0 aliphatic heterocycles. The fraction of sp³-hybridized carbons (Fsp3) is 0.316. The second kappa shape index (κ2) is 8.06. The van der Waals surface area contributed by atoms with Crippen LogP contribution in [-0.2, 0) is 12.8 Å². The van der Waals surface area contributed by atoms with Crippen molar-refractivity contribution in [2.75, 3.05) is 12.4 Å². The predicted octanol–water partition coefficient (Wildman–Crippen LogP) is 3.17. The number of aryl methyl sites for hydroxylation is 2. The highest BCUT2D eigenvalue weighted by atomic mass is 32.1. The number of para-hydroxylation sites is 1. The minimum Gasteiger partial charge on any atom is -0.496 e. The first-order valence-corrected chi connectivity index (χ1v) is 9.85. The minimum atomic E-state index is -0.480.